The molecular weight excluding hydrogens is 340 g/mol. The number of aromatic nitrogens is 5. The molecule has 2 aromatic heterocycles. The van der Waals surface area contributed by atoms with Crippen molar-refractivity contribution < 1.29 is 4.79 Å². The summed E-state index contributed by atoms with van der Waals surface area (Å²) >= 11 is 0. The molecule has 0 bridgehead atoms. The Morgan fingerprint density at radius 1 is 1.22 bits per heavy atom. The van der Waals surface area contributed by atoms with E-state index in [0.717, 1.165) is 30.4 Å². The van der Waals surface area contributed by atoms with E-state index >= 15 is 0 Å². The maximum atomic E-state index is 13.0. The van der Waals surface area contributed by atoms with Crippen LogP contribution in [0.15, 0.2) is 48.8 Å². The lowest BCUT2D eigenvalue weighted by atomic mass is 10.0. The maximum Gasteiger partial charge on any atom is 0.254 e. The molecule has 0 aliphatic carbocycles. The van der Waals surface area contributed by atoms with Crippen LogP contribution in [-0.2, 0) is 7.05 Å². The molecule has 0 aliphatic heterocycles. The van der Waals surface area contributed by atoms with Crippen molar-refractivity contribution in [2.24, 2.45) is 7.05 Å². The fraction of sp³-hybridized carbons (Fsp3) is 0.350. The standard InChI is InChI=1S/C20H24N6O/c1-4-5-8-18(17-7-6-13-21-14-17)25(2)20(27)16-11-9-15(10-12-16)19-22-24-26(3)23-19/h6-7,9-14,18H,4-5,8H2,1-3H3/t18-/m1/s1. The summed E-state index contributed by atoms with van der Waals surface area (Å²) in [4.78, 5) is 20.5. The lowest BCUT2D eigenvalue weighted by Crippen LogP contribution is -2.31. The predicted octanol–water partition coefficient (Wildman–Crippen LogP) is 3.28. The summed E-state index contributed by atoms with van der Waals surface area (Å²) < 4.78 is 0. The van der Waals surface area contributed by atoms with Gasteiger partial charge in [0.25, 0.3) is 5.91 Å². The first-order valence-corrected chi connectivity index (χ1v) is 9.11. The van der Waals surface area contributed by atoms with E-state index in [1.807, 2.05) is 54.5 Å². The average molecular weight is 364 g/mol. The molecule has 7 heteroatoms. The van der Waals surface area contributed by atoms with Gasteiger partial charge < -0.3 is 4.90 Å². The molecule has 0 saturated heterocycles. The Labute approximate surface area is 159 Å². The second kappa shape index (κ2) is 8.53. The van der Waals surface area contributed by atoms with Crippen molar-refractivity contribution in [1.82, 2.24) is 30.1 Å². The number of amides is 1. The van der Waals surface area contributed by atoms with E-state index in [-0.39, 0.29) is 11.9 Å². The molecule has 27 heavy (non-hydrogen) atoms. The Balaban J connectivity index is 1.80. The molecule has 1 atom stereocenters. The van der Waals surface area contributed by atoms with Gasteiger partial charge in [-0.25, -0.2) is 0 Å². The van der Waals surface area contributed by atoms with Gasteiger partial charge in [0.15, 0.2) is 0 Å². The van der Waals surface area contributed by atoms with E-state index in [9.17, 15) is 4.79 Å². The zero-order chi connectivity index (χ0) is 19.2. The van der Waals surface area contributed by atoms with Gasteiger partial charge in [0.05, 0.1) is 13.1 Å². The molecule has 0 spiro atoms. The lowest BCUT2D eigenvalue weighted by molar-refractivity contribution is 0.0720. The van der Waals surface area contributed by atoms with Crippen LogP contribution in [0.1, 0.15) is 48.1 Å². The summed E-state index contributed by atoms with van der Waals surface area (Å²) in [6.45, 7) is 2.15. The summed E-state index contributed by atoms with van der Waals surface area (Å²) in [5.74, 6) is 0.527. The number of tetrazole rings is 1. The quantitative estimate of drug-likeness (QED) is 0.643. The number of carbonyl (C=O) groups is 1. The van der Waals surface area contributed by atoms with E-state index in [1.165, 1.54) is 4.80 Å². The zero-order valence-electron chi connectivity index (χ0n) is 15.9. The van der Waals surface area contributed by atoms with Crippen molar-refractivity contribution in [3.8, 4) is 11.4 Å². The summed E-state index contributed by atoms with van der Waals surface area (Å²) in [5.41, 5.74) is 2.52. The molecule has 7 nitrogen and oxygen atoms in total. The number of hydrogen-bond donors (Lipinski definition) is 0. The van der Waals surface area contributed by atoms with Crippen molar-refractivity contribution in [3.63, 3.8) is 0 Å². The van der Waals surface area contributed by atoms with Crippen LogP contribution in [0.25, 0.3) is 11.4 Å². The number of carbonyl (C=O) groups excluding carboxylic acids is 1. The van der Waals surface area contributed by atoms with Gasteiger partial charge in [-0.3, -0.25) is 9.78 Å². The fourth-order valence-corrected chi connectivity index (χ4v) is 3.06. The molecule has 3 aromatic rings. The summed E-state index contributed by atoms with van der Waals surface area (Å²) in [6, 6.07) is 11.3. The summed E-state index contributed by atoms with van der Waals surface area (Å²) in [6.07, 6.45) is 6.63. The molecule has 0 fully saturated rings. The number of nitrogens with zero attached hydrogens (tertiary/aromatic N) is 6. The van der Waals surface area contributed by atoms with Gasteiger partial charge >= 0.3 is 0 Å². The number of unbranched alkanes of at least 4 members (excludes halogenated alkanes) is 1. The Kier molecular flexibility index (Phi) is 5.90. The average Bonchev–Trinajstić information content (AvgIpc) is 3.15. The molecule has 0 unspecified atom stereocenters. The number of hydrogen-bond acceptors (Lipinski definition) is 5. The molecule has 0 aliphatic rings. The normalized spacial score (nSPS) is 12.0. The molecule has 140 valence electrons. The Bertz CT molecular complexity index is 875. The third-order valence-corrected chi connectivity index (χ3v) is 4.59. The van der Waals surface area contributed by atoms with E-state index in [4.69, 9.17) is 0 Å². The maximum absolute atomic E-state index is 13.0. The monoisotopic (exact) mass is 364 g/mol. The van der Waals surface area contributed by atoms with Crippen LogP contribution in [-0.4, -0.2) is 43.0 Å². The second-order valence-corrected chi connectivity index (χ2v) is 6.54. The van der Waals surface area contributed by atoms with Gasteiger partial charge in [-0.15, -0.1) is 10.2 Å². The number of rotatable bonds is 7. The van der Waals surface area contributed by atoms with Gasteiger partial charge in [-0.2, -0.15) is 4.80 Å². The number of pyridine rings is 1. The molecule has 1 aromatic carbocycles. The smallest absolute Gasteiger partial charge is 0.254 e. The minimum absolute atomic E-state index is 0.00693. The van der Waals surface area contributed by atoms with E-state index in [2.05, 4.69) is 27.3 Å². The van der Waals surface area contributed by atoms with Crippen LogP contribution < -0.4 is 0 Å². The largest absolute Gasteiger partial charge is 0.335 e. The van der Waals surface area contributed by atoms with Gasteiger partial charge in [0.1, 0.15) is 0 Å². The molecule has 3 rings (SSSR count). The van der Waals surface area contributed by atoms with E-state index in [0.29, 0.717) is 11.4 Å². The lowest BCUT2D eigenvalue weighted by Gasteiger charge is -2.28. The predicted molar refractivity (Wildman–Crippen MR) is 103 cm³/mol. The van der Waals surface area contributed by atoms with Gasteiger partial charge in [-0.05, 0) is 35.4 Å². The van der Waals surface area contributed by atoms with E-state index < -0.39 is 0 Å². The van der Waals surface area contributed by atoms with Crippen molar-refractivity contribution in [3.05, 3.63) is 59.9 Å². The molecule has 0 N–H and O–H groups in total. The Morgan fingerprint density at radius 2 is 2.00 bits per heavy atom. The van der Waals surface area contributed by atoms with Crippen LogP contribution in [0, 0.1) is 0 Å². The number of aryl methyl sites for hydroxylation is 1. The van der Waals surface area contributed by atoms with Gasteiger partial charge in [0.2, 0.25) is 5.82 Å². The Morgan fingerprint density at radius 3 is 2.59 bits per heavy atom. The topological polar surface area (TPSA) is 76.8 Å². The third kappa shape index (κ3) is 4.36. The fourth-order valence-electron chi connectivity index (χ4n) is 3.06. The van der Waals surface area contributed by atoms with Gasteiger partial charge in [-0.1, -0.05) is 38.0 Å². The van der Waals surface area contributed by atoms with Crippen molar-refractivity contribution in [2.45, 2.75) is 32.2 Å². The molecule has 2 heterocycles. The first kappa shape index (κ1) is 18.7. The highest BCUT2D eigenvalue weighted by atomic mass is 16.2. The minimum Gasteiger partial charge on any atom is -0.335 e. The zero-order valence-corrected chi connectivity index (χ0v) is 15.9. The van der Waals surface area contributed by atoms with Crippen LogP contribution in [0.3, 0.4) is 0 Å². The molecular formula is C20H24N6O. The highest BCUT2D eigenvalue weighted by Gasteiger charge is 2.22. The highest BCUT2D eigenvalue weighted by molar-refractivity contribution is 5.94. The SMILES string of the molecule is CCCC[C@H](c1cccnc1)N(C)C(=O)c1ccc(-c2nnn(C)n2)cc1. The van der Waals surface area contributed by atoms with Crippen molar-refractivity contribution >= 4 is 5.91 Å². The van der Waals surface area contributed by atoms with Crippen LogP contribution in [0.4, 0.5) is 0 Å². The highest BCUT2D eigenvalue weighted by Crippen LogP contribution is 2.26. The summed E-state index contributed by atoms with van der Waals surface area (Å²) in [5, 5.41) is 12.0. The summed E-state index contributed by atoms with van der Waals surface area (Å²) in [7, 11) is 3.58. The Hall–Kier alpha value is -3.09. The van der Waals surface area contributed by atoms with Crippen molar-refractivity contribution in [2.75, 3.05) is 7.05 Å². The minimum atomic E-state index is -0.0152. The van der Waals surface area contributed by atoms with Crippen LogP contribution in [0.2, 0.25) is 0 Å². The number of benzene rings is 1. The third-order valence-electron chi connectivity index (χ3n) is 4.59. The first-order chi connectivity index (χ1) is 13.1. The van der Waals surface area contributed by atoms with E-state index in [1.54, 1.807) is 13.2 Å². The first-order valence-electron chi connectivity index (χ1n) is 9.11. The van der Waals surface area contributed by atoms with Crippen molar-refractivity contribution in [1.29, 1.82) is 0 Å². The molecule has 1 amide bonds. The second-order valence-electron chi connectivity index (χ2n) is 6.54. The van der Waals surface area contributed by atoms with Gasteiger partial charge in [0, 0.05) is 30.6 Å². The molecule has 0 saturated carbocycles. The molecule has 0 radical (unpaired) electrons. The van der Waals surface area contributed by atoms with Crippen LogP contribution >= 0.6 is 0 Å². The van der Waals surface area contributed by atoms with Crippen LogP contribution in [0.5, 0.6) is 0 Å².